The highest BCUT2D eigenvalue weighted by molar-refractivity contribution is 6.74. The molecule has 1 saturated carbocycles. The summed E-state index contributed by atoms with van der Waals surface area (Å²) in [6.45, 7) is 11.5. The lowest BCUT2D eigenvalue weighted by molar-refractivity contribution is -0.130. The van der Waals surface area contributed by atoms with E-state index in [2.05, 4.69) is 46.0 Å². The zero-order valence-corrected chi connectivity index (χ0v) is 14.0. The molecular weight excluding hydrogens is 252 g/mol. The fraction of sp³-hybridized carbons (Fsp3) is 0.812. The van der Waals surface area contributed by atoms with Crippen LogP contribution in [-0.4, -0.2) is 20.2 Å². The van der Waals surface area contributed by atoms with E-state index >= 15 is 0 Å². The van der Waals surface area contributed by atoms with Gasteiger partial charge in [0, 0.05) is 18.4 Å². The lowest BCUT2D eigenvalue weighted by atomic mass is 9.71. The maximum atomic E-state index is 12.1. The molecule has 2 aliphatic carbocycles. The van der Waals surface area contributed by atoms with Crippen molar-refractivity contribution in [2.75, 3.05) is 0 Å². The van der Waals surface area contributed by atoms with Crippen molar-refractivity contribution < 1.29 is 9.22 Å². The Morgan fingerprint density at radius 3 is 2.47 bits per heavy atom. The van der Waals surface area contributed by atoms with Gasteiger partial charge in [-0.15, -0.1) is 0 Å². The summed E-state index contributed by atoms with van der Waals surface area (Å²) in [5.41, 5.74) is 0. The number of fused-ring (bicyclic) bond motifs is 1. The molecule has 0 aromatic rings. The highest BCUT2D eigenvalue weighted by Crippen LogP contribution is 2.43. The topological polar surface area (TPSA) is 26.3 Å². The van der Waals surface area contributed by atoms with Crippen LogP contribution < -0.4 is 0 Å². The fourth-order valence-corrected chi connectivity index (χ4v) is 4.40. The Morgan fingerprint density at radius 2 is 1.84 bits per heavy atom. The van der Waals surface area contributed by atoms with Crippen LogP contribution in [0.15, 0.2) is 12.2 Å². The van der Waals surface area contributed by atoms with Gasteiger partial charge < -0.3 is 4.43 Å². The first-order chi connectivity index (χ1) is 8.72. The first-order valence-electron chi connectivity index (χ1n) is 7.58. The monoisotopic (exact) mass is 280 g/mol. The molecule has 2 rings (SSSR count). The van der Waals surface area contributed by atoms with Gasteiger partial charge in [0.25, 0.3) is 0 Å². The van der Waals surface area contributed by atoms with E-state index in [1.807, 2.05) is 0 Å². The van der Waals surface area contributed by atoms with E-state index in [1.165, 1.54) is 0 Å². The van der Waals surface area contributed by atoms with Crippen molar-refractivity contribution in [3.63, 3.8) is 0 Å². The molecule has 0 spiro atoms. The quantitative estimate of drug-likeness (QED) is 0.556. The molecular formula is C16H28O2Si. The molecule has 0 saturated heterocycles. The molecule has 3 heteroatoms. The second-order valence-electron chi connectivity index (χ2n) is 7.63. The average Bonchev–Trinajstić information content (AvgIpc) is 2.32. The van der Waals surface area contributed by atoms with Crippen molar-refractivity contribution in [2.45, 2.75) is 70.7 Å². The van der Waals surface area contributed by atoms with E-state index in [4.69, 9.17) is 4.43 Å². The average molecular weight is 280 g/mol. The number of carbonyl (C=O) groups is 1. The zero-order valence-electron chi connectivity index (χ0n) is 13.0. The van der Waals surface area contributed by atoms with Gasteiger partial charge >= 0.3 is 0 Å². The van der Waals surface area contributed by atoms with Crippen molar-refractivity contribution >= 4 is 14.1 Å². The van der Waals surface area contributed by atoms with Crippen LogP contribution in [-0.2, 0) is 9.22 Å². The molecule has 0 N–H and O–H groups in total. The third kappa shape index (κ3) is 3.02. The molecule has 0 unspecified atom stereocenters. The molecule has 19 heavy (non-hydrogen) atoms. The SMILES string of the molecule is CC(C)(C)[Si](C)(C)O[C@H]1CCC(=O)[C@H]2CC=CC[C@@H]12. The first kappa shape index (κ1) is 15.0. The largest absolute Gasteiger partial charge is 0.414 e. The molecule has 0 bridgehead atoms. The Balaban J connectivity index is 2.12. The van der Waals surface area contributed by atoms with Crippen LogP contribution >= 0.6 is 0 Å². The number of rotatable bonds is 2. The molecule has 3 atom stereocenters. The van der Waals surface area contributed by atoms with Crippen molar-refractivity contribution in [3.05, 3.63) is 12.2 Å². The smallest absolute Gasteiger partial charge is 0.192 e. The number of hydrogen-bond donors (Lipinski definition) is 0. The van der Waals surface area contributed by atoms with E-state index in [0.717, 1.165) is 19.3 Å². The number of Topliss-reactive ketones (excluding diaryl/α,β-unsaturated/α-hetero) is 1. The van der Waals surface area contributed by atoms with Crippen molar-refractivity contribution in [1.82, 2.24) is 0 Å². The van der Waals surface area contributed by atoms with Crippen molar-refractivity contribution in [1.29, 1.82) is 0 Å². The minimum Gasteiger partial charge on any atom is -0.414 e. The molecule has 0 aliphatic heterocycles. The van der Waals surface area contributed by atoms with E-state index in [1.54, 1.807) is 0 Å². The predicted molar refractivity (Wildman–Crippen MR) is 81.7 cm³/mol. The van der Waals surface area contributed by atoms with Crippen molar-refractivity contribution in [3.8, 4) is 0 Å². The van der Waals surface area contributed by atoms with Crippen LogP contribution in [0.3, 0.4) is 0 Å². The van der Waals surface area contributed by atoms with E-state index in [9.17, 15) is 4.79 Å². The highest BCUT2D eigenvalue weighted by Gasteiger charge is 2.45. The van der Waals surface area contributed by atoms with Gasteiger partial charge in [0.2, 0.25) is 0 Å². The van der Waals surface area contributed by atoms with Crippen LogP contribution in [0.5, 0.6) is 0 Å². The van der Waals surface area contributed by atoms with Gasteiger partial charge in [-0.1, -0.05) is 32.9 Å². The minimum atomic E-state index is -1.73. The summed E-state index contributed by atoms with van der Waals surface area (Å²) in [7, 11) is -1.73. The fourth-order valence-electron chi connectivity index (χ4n) is 3.00. The number of carbonyl (C=O) groups excluding carboxylic acids is 1. The van der Waals surface area contributed by atoms with Crippen LogP contribution in [0.2, 0.25) is 18.1 Å². The van der Waals surface area contributed by atoms with Gasteiger partial charge in [-0.3, -0.25) is 4.79 Å². The number of ketones is 1. The normalized spacial score (nSPS) is 32.3. The molecule has 0 radical (unpaired) electrons. The Labute approximate surface area is 118 Å². The summed E-state index contributed by atoms with van der Waals surface area (Å²) in [5, 5.41) is 0.245. The summed E-state index contributed by atoms with van der Waals surface area (Å²) in [6.07, 6.45) is 8.31. The minimum absolute atomic E-state index is 0.230. The summed E-state index contributed by atoms with van der Waals surface area (Å²) in [4.78, 5) is 12.1. The maximum absolute atomic E-state index is 12.1. The van der Waals surface area contributed by atoms with Gasteiger partial charge in [-0.2, -0.15) is 0 Å². The van der Waals surface area contributed by atoms with Gasteiger partial charge in [-0.05, 0) is 43.3 Å². The van der Waals surface area contributed by atoms with Gasteiger partial charge in [-0.25, -0.2) is 0 Å². The van der Waals surface area contributed by atoms with Gasteiger partial charge in [0.1, 0.15) is 5.78 Å². The summed E-state index contributed by atoms with van der Waals surface area (Å²) in [5.74, 6) is 1.12. The van der Waals surface area contributed by atoms with Crippen LogP contribution in [0, 0.1) is 11.8 Å². The predicted octanol–water partition coefficient (Wildman–Crippen LogP) is 4.32. The lowest BCUT2D eigenvalue weighted by Crippen LogP contribution is -2.49. The Kier molecular flexibility index (Phi) is 4.08. The summed E-state index contributed by atoms with van der Waals surface area (Å²) >= 11 is 0. The molecule has 2 nitrogen and oxygen atoms in total. The second-order valence-corrected chi connectivity index (χ2v) is 12.4. The van der Waals surface area contributed by atoms with Crippen molar-refractivity contribution in [2.24, 2.45) is 11.8 Å². The summed E-state index contributed by atoms with van der Waals surface area (Å²) in [6, 6.07) is 0. The third-order valence-electron chi connectivity index (χ3n) is 5.30. The molecule has 1 fully saturated rings. The highest BCUT2D eigenvalue weighted by atomic mass is 28.4. The number of allylic oxidation sites excluding steroid dienone is 2. The van der Waals surface area contributed by atoms with Gasteiger partial charge in [0.05, 0.1) is 0 Å². The molecule has 2 aliphatic rings. The lowest BCUT2D eigenvalue weighted by Gasteiger charge is -2.45. The standard InChI is InChI=1S/C16H28O2Si/c1-16(2,3)19(4,5)18-15-11-10-14(17)12-8-6-7-9-13(12)15/h6-7,12-13,15H,8-11H2,1-5H3/t12-,13+,15-/m0/s1. The second kappa shape index (κ2) is 5.17. The Hall–Kier alpha value is -0.413. The van der Waals surface area contributed by atoms with E-state index in [0.29, 0.717) is 24.2 Å². The number of hydrogen-bond acceptors (Lipinski definition) is 2. The Morgan fingerprint density at radius 1 is 1.21 bits per heavy atom. The summed E-state index contributed by atoms with van der Waals surface area (Å²) < 4.78 is 6.61. The first-order valence-corrected chi connectivity index (χ1v) is 10.5. The Bertz CT molecular complexity index is 379. The molecule has 0 amide bonds. The van der Waals surface area contributed by atoms with Crippen LogP contribution in [0.25, 0.3) is 0 Å². The third-order valence-corrected chi connectivity index (χ3v) is 9.80. The van der Waals surface area contributed by atoms with E-state index < -0.39 is 8.32 Å². The molecule has 0 aromatic carbocycles. The van der Waals surface area contributed by atoms with E-state index in [-0.39, 0.29) is 11.0 Å². The van der Waals surface area contributed by atoms with Crippen LogP contribution in [0.4, 0.5) is 0 Å². The van der Waals surface area contributed by atoms with Gasteiger partial charge in [0.15, 0.2) is 8.32 Å². The molecule has 108 valence electrons. The molecule has 0 aromatic heterocycles. The zero-order chi connectivity index (χ0) is 14.3. The van der Waals surface area contributed by atoms with Crippen LogP contribution in [0.1, 0.15) is 46.5 Å². The molecule has 0 heterocycles. The maximum Gasteiger partial charge on any atom is 0.192 e.